The second-order valence-corrected chi connectivity index (χ2v) is 7.40. The van der Waals surface area contributed by atoms with Gasteiger partial charge in [0.25, 0.3) is 5.91 Å². The number of nitrogens with one attached hydrogen (secondary N) is 1. The lowest BCUT2D eigenvalue weighted by molar-refractivity contribution is 0.102. The molecule has 0 spiro atoms. The predicted octanol–water partition coefficient (Wildman–Crippen LogP) is 4.85. The number of aromatic nitrogens is 1. The SMILES string of the molecule is COc1cc(C(=O)Nc2cc(Cl)ccc2N(C)C)ccc1OCc1c(C)noc1C. The molecule has 0 aliphatic heterocycles. The molecule has 0 atom stereocenters. The molecule has 1 N–H and O–H groups in total. The molecule has 0 saturated carbocycles. The van der Waals surface area contributed by atoms with Crippen LogP contribution in [0.3, 0.4) is 0 Å². The van der Waals surface area contributed by atoms with Gasteiger partial charge < -0.3 is 24.2 Å². The van der Waals surface area contributed by atoms with Gasteiger partial charge in [-0.2, -0.15) is 0 Å². The molecule has 0 unspecified atom stereocenters. The Labute approximate surface area is 180 Å². The van der Waals surface area contributed by atoms with Gasteiger partial charge in [-0.05, 0) is 50.2 Å². The van der Waals surface area contributed by atoms with Crippen LogP contribution < -0.4 is 19.7 Å². The maximum atomic E-state index is 12.8. The lowest BCUT2D eigenvalue weighted by atomic mass is 10.1. The minimum absolute atomic E-state index is 0.282. The molecule has 0 bridgehead atoms. The Hall–Kier alpha value is -3.19. The van der Waals surface area contributed by atoms with Crippen molar-refractivity contribution in [2.24, 2.45) is 0 Å². The first-order valence-corrected chi connectivity index (χ1v) is 9.68. The van der Waals surface area contributed by atoms with Crippen LogP contribution >= 0.6 is 11.6 Å². The lowest BCUT2D eigenvalue weighted by Crippen LogP contribution is -2.17. The summed E-state index contributed by atoms with van der Waals surface area (Å²) in [5.41, 5.74) is 3.56. The molecule has 158 valence electrons. The standard InChI is InChI=1S/C22H24ClN3O4/c1-13-17(14(2)30-25-13)12-29-20-9-6-15(10-21(20)28-5)22(27)24-18-11-16(23)7-8-19(18)26(3)4/h6-11H,12H2,1-5H3,(H,24,27). The number of halogens is 1. The number of rotatable bonds is 7. The Balaban J connectivity index is 1.79. The predicted molar refractivity (Wildman–Crippen MR) is 117 cm³/mol. The molecule has 0 saturated heterocycles. The monoisotopic (exact) mass is 429 g/mol. The van der Waals surface area contributed by atoms with Crippen molar-refractivity contribution in [1.29, 1.82) is 0 Å². The zero-order valence-electron chi connectivity index (χ0n) is 17.6. The first-order valence-electron chi connectivity index (χ1n) is 9.31. The third-order valence-electron chi connectivity index (χ3n) is 4.67. The molecular formula is C22H24ClN3O4. The third kappa shape index (κ3) is 4.68. The maximum absolute atomic E-state index is 12.8. The van der Waals surface area contributed by atoms with Gasteiger partial charge in [0.15, 0.2) is 11.5 Å². The van der Waals surface area contributed by atoms with E-state index in [0.717, 1.165) is 16.9 Å². The number of nitrogens with zero attached hydrogens (tertiary/aromatic N) is 2. The van der Waals surface area contributed by atoms with E-state index in [1.807, 2.05) is 38.9 Å². The number of ether oxygens (including phenoxy) is 2. The van der Waals surface area contributed by atoms with Gasteiger partial charge in [-0.3, -0.25) is 4.79 Å². The molecule has 0 fully saturated rings. The molecule has 0 aliphatic carbocycles. The number of carbonyl (C=O) groups excluding carboxylic acids is 1. The molecule has 8 heteroatoms. The Morgan fingerprint density at radius 3 is 2.57 bits per heavy atom. The highest BCUT2D eigenvalue weighted by Gasteiger charge is 2.16. The van der Waals surface area contributed by atoms with Gasteiger partial charge in [-0.25, -0.2) is 0 Å². The number of hydrogen-bond acceptors (Lipinski definition) is 6. The van der Waals surface area contributed by atoms with Gasteiger partial charge >= 0.3 is 0 Å². The van der Waals surface area contributed by atoms with Crippen LogP contribution in [-0.2, 0) is 6.61 Å². The zero-order valence-corrected chi connectivity index (χ0v) is 18.3. The summed E-state index contributed by atoms with van der Waals surface area (Å²) < 4.78 is 16.5. The number of methoxy groups -OCH3 is 1. The quantitative estimate of drug-likeness (QED) is 0.578. The minimum atomic E-state index is -0.282. The Kier molecular flexibility index (Phi) is 6.52. The number of amides is 1. The third-order valence-corrected chi connectivity index (χ3v) is 4.90. The van der Waals surface area contributed by atoms with Gasteiger partial charge in [0.1, 0.15) is 12.4 Å². The van der Waals surface area contributed by atoms with Crippen molar-refractivity contribution in [3.63, 3.8) is 0 Å². The average molecular weight is 430 g/mol. The van der Waals surface area contributed by atoms with Crippen LogP contribution in [0.5, 0.6) is 11.5 Å². The van der Waals surface area contributed by atoms with Gasteiger partial charge in [-0.15, -0.1) is 0 Å². The Bertz CT molecular complexity index is 1040. The summed E-state index contributed by atoms with van der Waals surface area (Å²) in [6.45, 7) is 3.98. The number of anilines is 2. The molecule has 1 heterocycles. The molecule has 1 aromatic heterocycles. The molecule has 7 nitrogen and oxygen atoms in total. The van der Waals surface area contributed by atoms with E-state index >= 15 is 0 Å². The second kappa shape index (κ2) is 9.09. The van der Waals surface area contributed by atoms with Crippen molar-refractivity contribution >= 4 is 28.9 Å². The van der Waals surface area contributed by atoms with Crippen molar-refractivity contribution in [2.75, 3.05) is 31.4 Å². The molecule has 2 aromatic carbocycles. The Morgan fingerprint density at radius 1 is 1.17 bits per heavy atom. The minimum Gasteiger partial charge on any atom is -0.493 e. The summed E-state index contributed by atoms with van der Waals surface area (Å²) in [6.07, 6.45) is 0. The first kappa shape index (κ1) is 21.5. The van der Waals surface area contributed by atoms with Crippen molar-refractivity contribution in [3.05, 3.63) is 64.0 Å². The highest BCUT2D eigenvalue weighted by atomic mass is 35.5. The van der Waals surface area contributed by atoms with Crippen molar-refractivity contribution in [3.8, 4) is 11.5 Å². The molecule has 3 rings (SSSR count). The van der Waals surface area contributed by atoms with Crippen LogP contribution in [0.1, 0.15) is 27.4 Å². The van der Waals surface area contributed by atoms with Crippen molar-refractivity contribution < 1.29 is 18.8 Å². The lowest BCUT2D eigenvalue weighted by Gasteiger charge is -2.18. The Morgan fingerprint density at radius 2 is 1.93 bits per heavy atom. The van der Waals surface area contributed by atoms with Gasteiger partial charge in [0.05, 0.1) is 29.7 Å². The van der Waals surface area contributed by atoms with E-state index in [0.29, 0.717) is 33.5 Å². The molecule has 30 heavy (non-hydrogen) atoms. The molecule has 0 radical (unpaired) electrons. The maximum Gasteiger partial charge on any atom is 0.255 e. The second-order valence-electron chi connectivity index (χ2n) is 6.97. The smallest absolute Gasteiger partial charge is 0.255 e. The number of aryl methyl sites for hydroxylation is 2. The zero-order chi connectivity index (χ0) is 21.8. The fourth-order valence-corrected chi connectivity index (χ4v) is 3.15. The summed E-state index contributed by atoms with van der Waals surface area (Å²) in [5, 5.41) is 7.37. The molecule has 0 aliphatic rings. The molecule has 1 amide bonds. The van der Waals surface area contributed by atoms with E-state index in [9.17, 15) is 4.79 Å². The highest BCUT2D eigenvalue weighted by molar-refractivity contribution is 6.31. The summed E-state index contributed by atoms with van der Waals surface area (Å²) in [5.74, 6) is 1.40. The molecule has 3 aromatic rings. The van der Waals surface area contributed by atoms with Gasteiger partial charge in [0.2, 0.25) is 0 Å². The topological polar surface area (TPSA) is 76.8 Å². The van der Waals surface area contributed by atoms with Crippen LogP contribution in [0.15, 0.2) is 40.9 Å². The average Bonchev–Trinajstić information content (AvgIpc) is 3.03. The largest absolute Gasteiger partial charge is 0.493 e. The van der Waals surface area contributed by atoms with Crippen LogP contribution in [-0.4, -0.2) is 32.3 Å². The summed E-state index contributed by atoms with van der Waals surface area (Å²) in [6, 6.07) is 10.4. The highest BCUT2D eigenvalue weighted by Crippen LogP contribution is 2.31. The summed E-state index contributed by atoms with van der Waals surface area (Å²) in [7, 11) is 5.32. The van der Waals surface area contributed by atoms with Crippen LogP contribution in [0.4, 0.5) is 11.4 Å². The van der Waals surface area contributed by atoms with Crippen molar-refractivity contribution in [1.82, 2.24) is 5.16 Å². The normalized spacial score (nSPS) is 10.6. The van der Waals surface area contributed by atoms with E-state index in [1.54, 1.807) is 30.3 Å². The van der Waals surface area contributed by atoms with E-state index in [-0.39, 0.29) is 12.5 Å². The molecular weight excluding hydrogens is 406 g/mol. The van der Waals surface area contributed by atoms with Crippen molar-refractivity contribution in [2.45, 2.75) is 20.5 Å². The van der Waals surface area contributed by atoms with E-state index < -0.39 is 0 Å². The van der Waals surface area contributed by atoms with Crippen LogP contribution in [0, 0.1) is 13.8 Å². The van der Waals surface area contributed by atoms with Gasteiger partial charge in [0, 0.05) is 24.7 Å². The van der Waals surface area contributed by atoms with Gasteiger partial charge in [-0.1, -0.05) is 16.8 Å². The van der Waals surface area contributed by atoms with E-state index in [2.05, 4.69) is 10.5 Å². The van der Waals surface area contributed by atoms with E-state index in [1.165, 1.54) is 7.11 Å². The fourth-order valence-electron chi connectivity index (χ4n) is 2.98. The van der Waals surface area contributed by atoms with Crippen LogP contribution in [0.25, 0.3) is 0 Å². The number of carbonyl (C=O) groups is 1. The summed E-state index contributed by atoms with van der Waals surface area (Å²) >= 11 is 6.10. The number of hydrogen-bond donors (Lipinski definition) is 1. The number of benzene rings is 2. The summed E-state index contributed by atoms with van der Waals surface area (Å²) in [4.78, 5) is 14.7. The fraction of sp³-hybridized carbons (Fsp3) is 0.273. The van der Waals surface area contributed by atoms with Crippen LogP contribution in [0.2, 0.25) is 5.02 Å². The van der Waals surface area contributed by atoms with E-state index in [4.69, 9.17) is 25.6 Å². The first-order chi connectivity index (χ1) is 14.3.